The Morgan fingerprint density at radius 3 is 2.44 bits per heavy atom. The van der Waals surface area contributed by atoms with Crippen LogP contribution in [0.4, 0.5) is 11.4 Å². The van der Waals surface area contributed by atoms with Crippen LogP contribution in [0.25, 0.3) is 0 Å². The molecular formula is C17H20N2O4S2. The molecule has 3 rings (SSSR count). The van der Waals surface area contributed by atoms with E-state index in [1.54, 1.807) is 36.4 Å². The topological polar surface area (TPSA) is 83.6 Å². The molecule has 1 saturated heterocycles. The fourth-order valence-corrected chi connectivity index (χ4v) is 5.42. The van der Waals surface area contributed by atoms with Crippen LogP contribution in [0.2, 0.25) is 0 Å². The van der Waals surface area contributed by atoms with Gasteiger partial charge in [0, 0.05) is 6.54 Å². The maximum Gasteiger partial charge on any atom is 0.261 e. The van der Waals surface area contributed by atoms with E-state index in [0.717, 1.165) is 12.0 Å². The van der Waals surface area contributed by atoms with E-state index < -0.39 is 20.0 Å². The van der Waals surface area contributed by atoms with E-state index in [1.165, 1.54) is 16.4 Å². The van der Waals surface area contributed by atoms with Crippen LogP contribution in [-0.2, 0) is 20.0 Å². The summed E-state index contributed by atoms with van der Waals surface area (Å²) in [5.74, 6) is 0.117. The third-order valence-corrected chi connectivity index (χ3v) is 7.33. The fourth-order valence-electron chi connectivity index (χ4n) is 2.73. The van der Waals surface area contributed by atoms with Crippen LogP contribution in [0.3, 0.4) is 0 Å². The van der Waals surface area contributed by atoms with Gasteiger partial charge in [0.05, 0.1) is 22.0 Å². The minimum atomic E-state index is -3.72. The third kappa shape index (κ3) is 3.96. The zero-order valence-corrected chi connectivity index (χ0v) is 15.5. The Hall–Kier alpha value is -2.06. The summed E-state index contributed by atoms with van der Waals surface area (Å²) in [6.45, 7) is 2.29. The molecular weight excluding hydrogens is 360 g/mol. The maximum atomic E-state index is 12.5. The summed E-state index contributed by atoms with van der Waals surface area (Å²) < 4.78 is 53.3. The summed E-state index contributed by atoms with van der Waals surface area (Å²) in [7, 11) is -7.06. The molecule has 0 spiro atoms. The van der Waals surface area contributed by atoms with Crippen molar-refractivity contribution in [1.82, 2.24) is 0 Å². The van der Waals surface area contributed by atoms with E-state index in [1.807, 2.05) is 6.92 Å². The Labute approximate surface area is 148 Å². The summed E-state index contributed by atoms with van der Waals surface area (Å²) in [5.41, 5.74) is 1.78. The van der Waals surface area contributed by atoms with Crippen molar-refractivity contribution in [2.45, 2.75) is 24.7 Å². The van der Waals surface area contributed by atoms with Gasteiger partial charge in [-0.05, 0) is 50.1 Å². The molecule has 25 heavy (non-hydrogen) atoms. The van der Waals surface area contributed by atoms with Crippen LogP contribution in [0.5, 0.6) is 0 Å². The van der Waals surface area contributed by atoms with E-state index in [9.17, 15) is 16.8 Å². The Kier molecular flexibility index (Phi) is 4.75. The normalized spacial score (nSPS) is 17.2. The van der Waals surface area contributed by atoms with Crippen molar-refractivity contribution in [2.75, 3.05) is 21.3 Å². The molecule has 0 aliphatic carbocycles. The first-order valence-corrected chi connectivity index (χ1v) is 11.1. The largest absolute Gasteiger partial charge is 0.280 e. The fraction of sp³-hybridized carbons (Fsp3) is 0.294. The smallest absolute Gasteiger partial charge is 0.261 e. The van der Waals surface area contributed by atoms with Gasteiger partial charge in [0.15, 0.2) is 0 Å². The molecule has 0 radical (unpaired) electrons. The second-order valence-corrected chi connectivity index (χ2v) is 9.76. The Bertz CT molecular complexity index is 968. The molecule has 0 aromatic heterocycles. The van der Waals surface area contributed by atoms with Crippen molar-refractivity contribution >= 4 is 31.4 Å². The summed E-state index contributed by atoms with van der Waals surface area (Å²) in [4.78, 5) is 0.161. The highest BCUT2D eigenvalue weighted by Gasteiger charge is 2.26. The molecule has 8 heteroatoms. The molecule has 2 aromatic carbocycles. The van der Waals surface area contributed by atoms with Gasteiger partial charge in [-0.15, -0.1) is 0 Å². The molecule has 0 saturated carbocycles. The van der Waals surface area contributed by atoms with Crippen molar-refractivity contribution < 1.29 is 16.8 Å². The number of sulfonamides is 2. The molecule has 1 heterocycles. The highest BCUT2D eigenvalue weighted by molar-refractivity contribution is 7.93. The van der Waals surface area contributed by atoms with Gasteiger partial charge in [-0.2, -0.15) is 0 Å². The van der Waals surface area contributed by atoms with Crippen LogP contribution < -0.4 is 9.03 Å². The van der Waals surface area contributed by atoms with Crippen LogP contribution in [0.15, 0.2) is 53.4 Å². The minimum absolute atomic E-state index is 0.117. The highest BCUT2D eigenvalue weighted by atomic mass is 32.2. The van der Waals surface area contributed by atoms with Gasteiger partial charge in [0.1, 0.15) is 0 Å². The van der Waals surface area contributed by atoms with Crippen molar-refractivity contribution in [1.29, 1.82) is 0 Å². The molecule has 0 atom stereocenters. The number of nitrogens with zero attached hydrogens (tertiary/aromatic N) is 1. The predicted molar refractivity (Wildman–Crippen MR) is 98.8 cm³/mol. The first kappa shape index (κ1) is 17.8. The zero-order valence-electron chi connectivity index (χ0n) is 13.8. The molecule has 0 bridgehead atoms. The van der Waals surface area contributed by atoms with Crippen molar-refractivity contribution in [3.05, 3.63) is 54.1 Å². The summed E-state index contributed by atoms with van der Waals surface area (Å²) >= 11 is 0. The molecule has 0 amide bonds. The van der Waals surface area contributed by atoms with Gasteiger partial charge < -0.3 is 0 Å². The molecule has 1 N–H and O–H groups in total. The maximum absolute atomic E-state index is 12.5. The van der Waals surface area contributed by atoms with E-state index in [2.05, 4.69) is 4.72 Å². The lowest BCUT2D eigenvalue weighted by Crippen LogP contribution is -2.37. The van der Waals surface area contributed by atoms with Crippen LogP contribution in [0, 0.1) is 6.92 Å². The minimum Gasteiger partial charge on any atom is -0.280 e. The molecule has 1 aliphatic rings. The summed E-state index contributed by atoms with van der Waals surface area (Å²) in [6, 6.07) is 13.0. The van der Waals surface area contributed by atoms with E-state index in [-0.39, 0.29) is 10.6 Å². The molecule has 0 unspecified atom stereocenters. The molecule has 6 nitrogen and oxygen atoms in total. The number of benzene rings is 2. The van der Waals surface area contributed by atoms with Gasteiger partial charge in [-0.3, -0.25) is 9.03 Å². The number of hydrogen-bond acceptors (Lipinski definition) is 4. The van der Waals surface area contributed by atoms with Crippen LogP contribution in [0.1, 0.15) is 18.4 Å². The lowest BCUT2D eigenvalue weighted by atomic mass is 10.2. The first-order chi connectivity index (χ1) is 11.8. The van der Waals surface area contributed by atoms with Gasteiger partial charge in [0.2, 0.25) is 10.0 Å². The molecule has 1 aliphatic heterocycles. The summed E-state index contributed by atoms with van der Waals surface area (Å²) in [5, 5.41) is 0. The van der Waals surface area contributed by atoms with Crippen molar-refractivity contribution in [3.63, 3.8) is 0 Å². The van der Waals surface area contributed by atoms with Crippen LogP contribution in [-0.4, -0.2) is 29.1 Å². The zero-order chi connectivity index (χ0) is 18.1. The Balaban J connectivity index is 1.88. The lowest BCUT2D eigenvalue weighted by molar-refractivity contribution is 0.574. The molecule has 2 aromatic rings. The quantitative estimate of drug-likeness (QED) is 0.884. The van der Waals surface area contributed by atoms with Gasteiger partial charge in [0.25, 0.3) is 10.0 Å². The highest BCUT2D eigenvalue weighted by Crippen LogP contribution is 2.27. The molecule has 1 fully saturated rings. The van der Waals surface area contributed by atoms with Gasteiger partial charge in [-0.25, -0.2) is 16.8 Å². The lowest BCUT2D eigenvalue weighted by Gasteiger charge is -2.28. The standard InChI is InChI=1S/C17H20N2O4S2/c1-14-7-9-17(10-8-14)25(22,23)18-15-5-4-6-16(13-15)19-11-2-3-12-24(19,20)21/h4-10,13,18H,2-3,11-12H2,1H3. The number of nitrogens with one attached hydrogen (secondary N) is 1. The number of aryl methyl sites for hydroxylation is 1. The second-order valence-electron chi connectivity index (χ2n) is 6.06. The third-order valence-electron chi connectivity index (χ3n) is 4.07. The second kappa shape index (κ2) is 6.68. The monoisotopic (exact) mass is 380 g/mol. The average molecular weight is 380 g/mol. The number of rotatable bonds is 4. The first-order valence-electron chi connectivity index (χ1n) is 7.98. The van der Waals surface area contributed by atoms with Crippen molar-refractivity contribution in [3.8, 4) is 0 Å². The van der Waals surface area contributed by atoms with E-state index in [4.69, 9.17) is 0 Å². The predicted octanol–water partition coefficient (Wildman–Crippen LogP) is 2.73. The van der Waals surface area contributed by atoms with Gasteiger partial charge in [-0.1, -0.05) is 23.8 Å². The summed E-state index contributed by atoms with van der Waals surface area (Å²) in [6.07, 6.45) is 1.44. The number of anilines is 2. The van der Waals surface area contributed by atoms with E-state index >= 15 is 0 Å². The van der Waals surface area contributed by atoms with Crippen LogP contribution >= 0.6 is 0 Å². The van der Waals surface area contributed by atoms with E-state index in [0.29, 0.717) is 24.3 Å². The van der Waals surface area contributed by atoms with Crippen molar-refractivity contribution in [2.24, 2.45) is 0 Å². The Morgan fingerprint density at radius 1 is 1.04 bits per heavy atom. The SMILES string of the molecule is Cc1ccc(S(=O)(=O)Nc2cccc(N3CCCCS3(=O)=O)c2)cc1. The Morgan fingerprint density at radius 2 is 1.76 bits per heavy atom. The number of hydrogen-bond donors (Lipinski definition) is 1. The molecule has 134 valence electrons. The van der Waals surface area contributed by atoms with Gasteiger partial charge >= 0.3 is 0 Å². The average Bonchev–Trinajstić information content (AvgIpc) is 2.54.